The van der Waals surface area contributed by atoms with Gasteiger partial charge in [0.1, 0.15) is 0 Å². The minimum atomic E-state index is -5.01. The second-order valence-corrected chi connectivity index (χ2v) is 7.54. The van der Waals surface area contributed by atoms with Crippen molar-refractivity contribution >= 4 is 46.5 Å². The second-order valence-electron chi connectivity index (χ2n) is 5.25. The number of hydrogen-bond donors (Lipinski definition) is 1. The maximum Gasteiger partial charge on any atom is 0.407 e. The van der Waals surface area contributed by atoms with E-state index in [1.165, 1.54) is 30.3 Å². The summed E-state index contributed by atoms with van der Waals surface area (Å²) in [5.41, 5.74) is -3.18. The molecule has 1 aromatic rings. The molecular formula is C16H11Cl3F3NO2. The molecule has 1 aliphatic carbocycles. The van der Waals surface area contributed by atoms with Gasteiger partial charge in [-0.25, -0.2) is 0 Å². The highest BCUT2D eigenvalue weighted by molar-refractivity contribution is 6.76. The Balaban J connectivity index is 2.53. The van der Waals surface area contributed by atoms with Gasteiger partial charge in [0.25, 0.3) is 9.70 Å². The summed E-state index contributed by atoms with van der Waals surface area (Å²) >= 11 is 16.3. The van der Waals surface area contributed by atoms with Gasteiger partial charge in [-0.2, -0.15) is 13.2 Å². The van der Waals surface area contributed by atoms with Crippen LogP contribution in [0, 0.1) is 5.41 Å². The van der Waals surface area contributed by atoms with Crippen molar-refractivity contribution in [1.29, 1.82) is 0 Å². The Kier molecular flexibility index (Phi) is 5.56. The number of allylic oxidation sites excluding steroid dienone is 2. The molecule has 1 aliphatic rings. The van der Waals surface area contributed by atoms with E-state index in [0.29, 0.717) is 6.08 Å². The molecule has 0 fully saturated rings. The van der Waals surface area contributed by atoms with Crippen molar-refractivity contribution in [3.8, 4) is 0 Å². The van der Waals surface area contributed by atoms with Gasteiger partial charge in [0.2, 0.25) is 0 Å². The van der Waals surface area contributed by atoms with E-state index in [2.05, 4.69) is 0 Å². The predicted molar refractivity (Wildman–Crippen MR) is 89.8 cm³/mol. The lowest BCUT2D eigenvalue weighted by atomic mass is 9.71. The third-order valence-corrected chi connectivity index (χ3v) is 4.20. The number of hydrogen-bond acceptors (Lipinski definition) is 2. The summed E-state index contributed by atoms with van der Waals surface area (Å²) in [6.45, 7) is 0. The highest BCUT2D eigenvalue weighted by Gasteiger charge is 2.63. The summed E-state index contributed by atoms with van der Waals surface area (Å²) in [7, 11) is 0. The molecule has 0 saturated heterocycles. The third kappa shape index (κ3) is 3.86. The molecule has 1 N–H and O–H groups in total. The minimum Gasteiger partial charge on any atom is -0.344 e. The maximum atomic E-state index is 14.0. The molecule has 2 unspecified atom stereocenters. The van der Waals surface area contributed by atoms with E-state index in [0.717, 1.165) is 12.2 Å². The molecule has 0 aliphatic heterocycles. The average Bonchev–Trinajstić information content (AvgIpc) is 2.53. The SMILES string of the molecule is O=C(NC1C=CC=CC1(C(=O)c1ccccc1)C(F)(F)F)C(Cl)(Cl)Cl. The smallest absolute Gasteiger partial charge is 0.344 e. The van der Waals surface area contributed by atoms with Crippen LogP contribution in [0.1, 0.15) is 10.4 Å². The zero-order chi connectivity index (χ0) is 18.9. The molecule has 1 aromatic carbocycles. The van der Waals surface area contributed by atoms with E-state index in [9.17, 15) is 22.8 Å². The molecule has 134 valence electrons. The predicted octanol–water partition coefficient (Wildman–Crippen LogP) is 4.40. The first-order valence-corrected chi connectivity index (χ1v) is 8.04. The average molecular weight is 413 g/mol. The van der Waals surface area contributed by atoms with Crippen LogP contribution < -0.4 is 5.32 Å². The third-order valence-electron chi connectivity index (χ3n) is 3.69. The fourth-order valence-electron chi connectivity index (χ4n) is 2.47. The normalized spacial score (nSPS) is 23.4. The number of amides is 1. The minimum absolute atomic E-state index is 0.159. The zero-order valence-electron chi connectivity index (χ0n) is 12.4. The number of rotatable bonds is 3. The van der Waals surface area contributed by atoms with Crippen LogP contribution in [0.25, 0.3) is 0 Å². The summed E-state index contributed by atoms with van der Waals surface area (Å²) in [6.07, 6.45) is -0.918. The van der Waals surface area contributed by atoms with Gasteiger partial charge in [0.15, 0.2) is 11.2 Å². The van der Waals surface area contributed by atoms with Gasteiger partial charge in [0.05, 0.1) is 6.04 Å². The molecule has 0 radical (unpaired) electrons. The number of ketones is 1. The van der Waals surface area contributed by atoms with E-state index < -0.39 is 33.1 Å². The lowest BCUT2D eigenvalue weighted by molar-refractivity contribution is -0.193. The van der Waals surface area contributed by atoms with E-state index in [-0.39, 0.29) is 5.56 Å². The van der Waals surface area contributed by atoms with Crippen LogP contribution in [0.4, 0.5) is 13.2 Å². The molecule has 2 atom stereocenters. The van der Waals surface area contributed by atoms with E-state index in [1.54, 1.807) is 6.07 Å². The fraction of sp³-hybridized carbons (Fsp3) is 0.250. The molecule has 1 amide bonds. The number of carbonyl (C=O) groups is 2. The van der Waals surface area contributed by atoms with Crippen molar-refractivity contribution in [3.63, 3.8) is 0 Å². The lowest BCUT2D eigenvalue weighted by Crippen LogP contribution is -2.59. The van der Waals surface area contributed by atoms with Crippen molar-refractivity contribution in [3.05, 3.63) is 60.2 Å². The van der Waals surface area contributed by atoms with E-state index >= 15 is 0 Å². The largest absolute Gasteiger partial charge is 0.407 e. The monoisotopic (exact) mass is 411 g/mol. The van der Waals surface area contributed by atoms with Gasteiger partial charge < -0.3 is 5.32 Å². The first kappa shape index (κ1) is 19.8. The molecule has 3 nitrogen and oxygen atoms in total. The Morgan fingerprint density at radius 1 is 1.04 bits per heavy atom. The first-order valence-electron chi connectivity index (χ1n) is 6.90. The number of nitrogens with one attached hydrogen (secondary N) is 1. The van der Waals surface area contributed by atoms with Crippen LogP contribution in [0.15, 0.2) is 54.6 Å². The number of halogens is 6. The van der Waals surface area contributed by atoms with Crippen molar-refractivity contribution in [1.82, 2.24) is 5.32 Å². The Bertz CT molecular complexity index is 726. The van der Waals surface area contributed by atoms with E-state index in [4.69, 9.17) is 34.8 Å². The molecule has 0 bridgehead atoms. The first-order chi connectivity index (χ1) is 11.5. The Morgan fingerprint density at radius 2 is 1.64 bits per heavy atom. The van der Waals surface area contributed by atoms with Crippen molar-refractivity contribution in [2.75, 3.05) is 0 Å². The molecular weight excluding hydrogens is 402 g/mol. The van der Waals surface area contributed by atoms with Crippen molar-refractivity contribution < 1.29 is 22.8 Å². The van der Waals surface area contributed by atoms with Gasteiger partial charge in [-0.1, -0.05) is 89.4 Å². The van der Waals surface area contributed by atoms with Crippen LogP contribution in [0.5, 0.6) is 0 Å². The molecule has 0 saturated carbocycles. The fourth-order valence-corrected chi connectivity index (χ4v) is 2.63. The number of Topliss-reactive ketones (excluding diaryl/α,β-unsaturated/α-hetero) is 1. The van der Waals surface area contributed by atoms with E-state index in [1.807, 2.05) is 5.32 Å². The second kappa shape index (κ2) is 7.02. The van der Waals surface area contributed by atoms with Gasteiger partial charge in [-0.15, -0.1) is 0 Å². The van der Waals surface area contributed by atoms with Crippen LogP contribution in [0.2, 0.25) is 0 Å². The van der Waals surface area contributed by atoms with Gasteiger partial charge in [0, 0.05) is 5.56 Å². The van der Waals surface area contributed by atoms with Crippen molar-refractivity contribution in [2.45, 2.75) is 16.0 Å². The molecule has 0 spiro atoms. The number of alkyl halides is 6. The zero-order valence-corrected chi connectivity index (χ0v) is 14.6. The summed E-state index contributed by atoms with van der Waals surface area (Å²) in [4.78, 5) is 24.6. The highest BCUT2D eigenvalue weighted by Crippen LogP contribution is 2.47. The number of carbonyl (C=O) groups excluding carboxylic acids is 2. The molecule has 9 heteroatoms. The van der Waals surface area contributed by atoms with Gasteiger partial charge >= 0.3 is 6.18 Å². The lowest BCUT2D eigenvalue weighted by Gasteiger charge is -2.39. The Hall–Kier alpha value is -1.50. The Labute approximate surface area is 156 Å². The standard InChI is InChI=1S/C16H11Cl3F3NO2/c17-15(18,19)13(25)23-11-8-4-5-9-14(11,16(20,21)22)12(24)10-6-2-1-3-7-10/h1-9,11H,(H,23,25). The maximum absolute atomic E-state index is 14.0. The van der Waals surface area contributed by atoms with Crippen LogP contribution in [0.3, 0.4) is 0 Å². The number of benzene rings is 1. The summed E-state index contributed by atoms with van der Waals surface area (Å²) < 4.78 is 39.4. The molecule has 0 aromatic heterocycles. The van der Waals surface area contributed by atoms with Crippen LogP contribution in [-0.2, 0) is 4.79 Å². The van der Waals surface area contributed by atoms with Crippen molar-refractivity contribution in [2.24, 2.45) is 5.41 Å². The topological polar surface area (TPSA) is 46.2 Å². The summed E-state index contributed by atoms with van der Waals surface area (Å²) in [5, 5.41) is 1.99. The Morgan fingerprint density at radius 3 is 2.16 bits per heavy atom. The molecule has 2 rings (SSSR count). The molecule has 25 heavy (non-hydrogen) atoms. The van der Waals surface area contributed by atoms with Gasteiger partial charge in [-0.05, 0) is 0 Å². The molecule has 0 heterocycles. The van der Waals surface area contributed by atoms with Crippen LogP contribution in [-0.4, -0.2) is 27.7 Å². The highest BCUT2D eigenvalue weighted by atomic mass is 35.6. The van der Waals surface area contributed by atoms with Gasteiger partial charge in [-0.3, -0.25) is 9.59 Å². The quantitative estimate of drug-likeness (QED) is 0.591. The summed E-state index contributed by atoms with van der Waals surface area (Å²) in [6, 6.07) is 5.19. The van der Waals surface area contributed by atoms with Crippen LogP contribution >= 0.6 is 34.8 Å². The summed E-state index contributed by atoms with van der Waals surface area (Å²) in [5.74, 6) is -2.49.